The minimum Gasteiger partial charge on any atom is -0.494 e. The smallest absolute Gasteiger partial charge is 0.124 e. The summed E-state index contributed by atoms with van der Waals surface area (Å²) in [5.74, 6) is 0. The van der Waals surface area contributed by atoms with Crippen molar-refractivity contribution >= 4 is 6.29 Å². The fraction of sp³-hybridized carbons (Fsp3) is 0.444. The fourth-order valence-corrected chi connectivity index (χ4v) is 1.03. The molecule has 1 unspecified atom stereocenters. The average molecular weight is 152 g/mol. The lowest BCUT2D eigenvalue weighted by atomic mass is 10.1. The summed E-state index contributed by atoms with van der Waals surface area (Å²) in [6.07, 6.45) is 8.19. The normalized spacial score (nSPS) is 23.4. The summed E-state index contributed by atoms with van der Waals surface area (Å²) in [5.41, 5.74) is 1.08. The summed E-state index contributed by atoms with van der Waals surface area (Å²) in [4.78, 5) is 10.1. The lowest BCUT2D eigenvalue weighted by molar-refractivity contribution is -0.107. The van der Waals surface area contributed by atoms with Gasteiger partial charge in [-0.05, 0) is 19.1 Å². The molecule has 1 rings (SSSR count). The van der Waals surface area contributed by atoms with E-state index >= 15 is 0 Å². The van der Waals surface area contributed by atoms with E-state index in [1.165, 1.54) is 0 Å². The molecule has 0 spiro atoms. The maximum absolute atomic E-state index is 10.1. The molecule has 2 heteroatoms. The van der Waals surface area contributed by atoms with Crippen LogP contribution in [0.25, 0.3) is 0 Å². The van der Waals surface area contributed by atoms with Gasteiger partial charge in [0.25, 0.3) is 0 Å². The van der Waals surface area contributed by atoms with E-state index < -0.39 is 0 Å². The van der Waals surface area contributed by atoms with Gasteiger partial charge in [-0.15, -0.1) is 0 Å². The zero-order valence-corrected chi connectivity index (χ0v) is 6.62. The Morgan fingerprint density at radius 2 is 2.64 bits per heavy atom. The Bertz CT molecular complexity index is 184. The molecule has 0 N–H and O–H groups in total. The molecule has 11 heavy (non-hydrogen) atoms. The van der Waals surface area contributed by atoms with Crippen LogP contribution in [0.4, 0.5) is 0 Å². The highest BCUT2D eigenvalue weighted by atomic mass is 16.5. The van der Waals surface area contributed by atoms with E-state index in [0.717, 1.165) is 18.3 Å². The molecule has 60 valence electrons. The van der Waals surface area contributed by atoms with Gasteiger partial charge in [-0.1, -0.05) is 5.57 Å². The van der Waals surface area contributed by atoms with E-state index in [-0.39, 0.29) is 6.10 Å². The molecule has 1 aliphatic rings. The van der Waals surface area contributed by atoms with Gasteiger partial charge < -0.3 is 9.53 Å². The molecule has 1 aliphatic heterocycles. The Kier molecular flexibility index (Phi) is 2.90. The predicted molar refractivity (Wildman–Crippen MR) is 43.1 cm³/mol. The monoisotopic (exact) mass is 152 g/mol. The van der Waals surface area contributed by atoms with Crippen molar-refractivity contribution in [2.24, 2.45) is 0 Å². The third-order valence-electron chi connectivity index (χ3n) is 1.59. The van der Waals surface area contributed by atoms with E-state index in [9.17, 15) is 4.79 Å². The van der Waals surface area contributed by atoms with Crippen molar-refractivity contribution in [3.8, 4) is 0 Å². The van der Waals surface area contributed by atoms with E-state index in [0.29, 0.717) is 6.42 Å². The molecule has 2 nitrogen and oxygen atoms in total. The second-order valence-corrected chi connectivity index (χ2v) is 2.67. The van der Waals surface area contributed by atoms with Crippen molar-refractivity contribution in [3.63, 3.8) is 0 Å². The van der Waals surface area contributed by atoms with Gasteiger partial charge in [0.15, 0.2) is 0 Å². The molecular formula is C9H12O2. The molecule has 0 aliphatic carbocycles. The van der Waals surface area contributed by atoms with Crippen LogP contribution in [0.1, 0.15) is 19.8 Å². The highest BCUT2D eigenvalue weighted by molar-refractivity contribution is 5.53. The largest absolute Gasteiger partial charge is 0.494 e. The SMILES string of the molecule is C/C(=C\C1CC=CO1)CC=O. The lowest BCUT2D eigenvalue weighted by Gasteiger charge is -2.04. The second kappa shape index (κ2) is 3.96. The Morgan fingerprint density at radius 3 is 3.18 bits per heavy atom. The standard InChI is InChI=1S/C9H12O2/c1-8(4-5-10)7-9-3-2-6-11-9/h2,5-7,9H,3-4H2,1H3/b8-7+. The number of carbonyl (C=O) groups is 1. The van der Waals surface area contributed by atoms with Crippen molar-refractivity contribution in [3.05, 3.63) is 24.0 Å². The van der Waals surface area contributed by atoms with E-state index in [4.69, 9.17) is 4.74 Å². The molecule has 0 radical (unpaired) electrons. The maximum Gasteiger partial charge on any atom is 0.124 e. The first-order chi connectivity index (χ1) is 5.33. The average Bonchev–Trinajstić information content (AvgIpc) is 2.40. The number of hydrogen-bond donors (Lipinski definition) is 0. The Balaban J connectivity index is 2.37. The van der Waals surface area contributed by atoms with Crippen LogP contribution in [0.5, 0.6) is 0 Å². The van der Waals surface area contributed by atoms with Crippen LogP contribution in [0, 0.1) is 0 Å². The van der Waals surface area contributed by atoms with Gasteiger partial charge in [-0.2, -0.15) is 0 Å². The van der Waals surface area contributed by atoms with Crippen molar-refractivity contribution in [1.29, 1.82) is 0 Å². The van der Waals surface area contributed by atoms with E-state index in [1.54, 1.807) is 6.26 Å². The predicted octanol–water partition coefficient (Wildman–Crippen LogP) is 1.82. The van der Waals surface area contributed by atoms with Gasteiger partial charge in [0.05, 0.1) is 6.26 Å². The summed E-state index contributed by atoms with van der Waals surface area (Å²) in [6.45, 7) is 1.94. The summed E-state index contributed by atoms with van der Waals surface area (Å²) >= 11 is 0. The fourth-order valence-electron chi connectivity index (χ4n) is 1.03. The van der Waals surface area contributed by atoms with Crippen LogP contribution >= 0.6 is 0 Å². The molecule has 0 saturated carbocycles. The van der Waals surface area contributed by atoms with Crippen LogP contribution in [-0.4, -0.2) is 12.4 Å². The highest BCUT2D eigenvalue weighted by Gasteiger charge is 2.07. The quantitative estimate of drug-likeness (QED) is 0.455. The number of allylic oxidation sites excluding steroid dienone is 1. The Hall–Kier alpha value is -1.05. The molecule has 0 aromatic heterocycles. The van der Waals surface area contributed by atoms with Crippen molar-refractivity contribution in [1.82, 2.24) is 0 Å². The van der Waals surface area contributed by atoms with Crippen LogP contribution in [0.15, 0.2) is 24.0 Å². The molecule has 0 fully saturated rings. The molecule has 0 amide bonds. The summed E-state index contributed by atoms with van der Waals surface area (Å²) in [5, 5.41) is 0. The van der Waals surface area contributed by atoms with Crippen molar-refractivity contribution in [2.75, 3.05) is 0 Å². The van der Waals surface area contributed by atoms with Crippen molar-refractivity contribution in [2.45, 2.75) is 25.9 Å². The Morgan fingerprint density at radius 1 is 1.82 bits per heavy atom. The van der Waals surface area contributed by atoms with Gasteiger partial charge >= 0.3 is 0 Å². The third kappa shape index (κ3) is 2.58. The number of ether oxygens (including phenoxy) is 1. The third-order valence-corrected chi connectivity index (χ3v) is 1.59. The second-order valence-electron chi connectivity index (χ2n) is 2.67. The van der Waals surface area contributed by atoms with Crippen LogP contribution < -0.4 is 0 Å². The van der Waals surface area contributed by atoms with Gasteiger partial charge in [0, 0.05) is 12.8 Å². The first-order valence-corrected chi connectivity index (χ1v) is 3.74. The maximum atomic E-state index is 10.1. The first kappa shape index (κ1) is 8.05. The molecular weight excluding hydrogens is 140 g/mol. The topological polar surface area (TPSA) is 26.3 Å². The van der Waals surface area contributed by atoms with Gasteiger partial charge in [0.1, 0.15) is 12.4 Å². The van der Waals surface area contributed by atoms with Crippen LogP contribution in [0.3, 0.4) is 0 Å². The molecule has 0 saturated heterocycles. The summed E-state index contributed by atoms with van der Waals surface area (Å²) in [6, 6.07) is 0. The van der Waals surface area contributed by atoms with Crippen LogP contribution in [-0.2, 0) is 9.53 Å². The number of carbonyl (C=O) groups excluding carboxylic acids is 1. The van der Waals surface area contributed by atoms with Gasteiger partial charge in [0.2, 0.25) is 0 Å². The minimum absolute atomic E-state index is 0.162. The number of rotatable bonds is 3. The minimum atomic E-state index is 0.162. The molecule has 1 atom stereocenters. The molecule has 0 aromatic carbocycles. The van der Waals surface area contributed by atoms with Gasteiger partial charge in [-0.25, -0.2) is 0 Å². The van der Waals surface area contributed by atoms with Crippen molar-refractivity contribution < 1.29 is 9.53 Å². The molecule has 0 aromatic rings. The lowest BCUT2D eigenvalue weighted by Crippen LogP contribution is -2.00. The number of hydrogen-bond acceptors (Lipinski definition) is 2. The number of aldehydes is 1. The zero-order chi connectivity index (χ0) is 8.10. The summed E-state index contributed by atoms with van der Waals surface area (Å²) < 4.78 is 5.20. The molecule has 1 heterocycles. The molecule has 0 bridgehead atoms. The van der Waals surface area contributed by atoms with E-state index in [1.807, 2.05) is 19.1 Å². The zero-order valence-electron chi connectivity index (χ0n) is 6.62. The van der Waals surface area contributed by atoms with Gasteiger partial charge in [-0.3, -0.25) is 0 Å². The highest BCUT2D eigenvalue weighted by Crippen LogP contribution is 2.12. The van der Waals surface area contributed by atoms with Crippen LogP contribution in [0.2, 0.25) is 0 Å². The first-order valence-electron chi connectivity index (χ1n) is 3.74. The summed E-state index contributed by atoms with van der Waals surface area (Å²) in [7, 11) is 0. The van der Waals surface area contributed by atoms with E-state index in [2.05, 4.69) is 0 Å². The Labute approximate surface area is 66.5 Å².